The summed E-state index contributed by atoms with van der Waals surface area (Å²) in [5.41, 5.74) is -1.34. The van der Waals surface area contributed by atoms with Crippen LogP contribution in [0.5, 0.6) is 0 Å². The van der Waals surface area contributed by atoms with Gasteiger partial charge in [-0.1, -0.05) is 56.8 Å². The predicted octanol–water partition coefficient (Wildman–Crippen LogP) is 4.60. The lowest BCUT2D eigenvalue weighted by molar-refractivity contribution is -0.148. The lowest BCUT2D eigenvalue weighted by Crippen LogP contribution is -2.45. The summed E-state index contributed by atoms with van der Waals surface area (Å²) in [5, 5.41) is 5.52. The van der Waals surface area contributed by atoms with E-state index in [9.17, 15) is 14.4 Å². The Bertz CT molecular complexity index is 1730. The number of fused-ring (bicyclic) bond motifs is 1. The molecular formula is C31H31FN6O6. The number of rotatable bonds is 9. The van der Waals surface area contributed by atoms with E-state index in [4.69, 9.17) is 14.2 Å². The molecule has 4 aromatic rings. The van der Waals surface area contributed by atoms with Crippen molar-refractivity contribution in [3.63, 3.8) is 0 Å². The largest absolute Gasteiger partial charge is 0.448 e. The van der Waals surface area contributed by atoms with Crippen LogP contribution in [0, 0.1) is 12.8 Å². The first-order valence-electron chi connectivity index (χ1n) is 13.8. The minimum absolute atomic E-state index is 0.0575. The minimum atomic E-state index is -2.65. The van der Waals surface area contributed by atoms with Crippen LogP contribution >= 0.6 is 0 Å². The van der Waals surface area contributed by atoms with Crippen LogP contribution in [0.25, 0.3) is 11.2 Å². The van der Waals surface area contributed by atoms with Gasteiger partial charge < -0.3 is 19.5 Å². The number of hydrogen-bond acceptors (Lipinski definition) is 10. The Morgan fingerprint density at radius 2 is 1.77 bits per heavy atom. The first-order valence-corrected chi connectivity index (χ1v) is 13.8. The Kier molecular flexibility index (Phi) is 8.41. The van der Waals surface area contributed by atoms with Crippen molar-refractivity contribution in [2.45, 2.75) is 45.1 Å². The van der Waals surface area contributed by atoms with E-state index < -0.39 is 36.2 Å². The first kappa shape index (κ1) is 30.3. The second-order valence-electron chi connectivity index (χ2n) is 10.4. The van der Waals surface area contributed by atoms with Crippen LogP contribution in [0.2, 0.25) is 0 Å². The third kappa shape index (κ3) is 5.61. The van der Waals surface area contributed by atoms with Gasteiger partial charge in [-0.15, -0.1) is 0 Å². The van der Waals surface area contributed by atoms with E-state index in [1.165, 1.54) is 23.0 Å². The van der Waals surface area contributed by atoms with Gasteiger partial charge in [0.1, 0.15) is 0 Å². The standard InChI is InChI=1S/C31H31FN6O6/c1-6-31(32)22(42-26(40)19-13-8-7-9-14-19)28(43-27(41)20-15-11-10-12-18(20)4)44-29(31)38-16-34-21-23(33-5)35-30(36-24(21)38)37-25(39)17(2)3/h6-17,22,28-29H,1H2,2-5H3,(H2,33,35,36,37,39)/t22-,28+,29-,31-/m1/s1. The van der Waals surface area contributed by atoms with E-state index in [1.807, 2.05) is 0 Å². The average molecular weight is 603 g/mol. The van der Waals surface area contributed by atoms with Crippen molar-refractivity contribution in [2.24, 2.45) is 5.92 Å². The van der Waals surface area contributed by atoms with Gasteiger partial charge in [-0.05, 0) is 36.8 Å². The molecule has 1 amide bonds. The maximum atomic E-state index is 17.2. The smallest absolute Gasteiger partial charge is 0.340 e. The Morgan fingerprint density at radius 3 is 2.43 bits per heavy atom. The molecule has 0 spiro atoms. The molecule has 0 saturated carbocycles. The van der Waals surface area contributed by atoms with E-state index >= 15 is 4.39 Å². The van der Waals surface area contributed by atoms with Crippen molar-refractivity contribution in [3.8, 4) is 0 Å². The maximum Gasteiger partial charge on any atom is 0.340 e. The van der Waals surface area contributed by atoms with Crippen molar-refractivity contribution in [3.05, 3.63) is 90.3 Å². The third-order valence-corrected chi connectivity index (χ3v) is 7.14. The Balaban J connectivity index is 1.58. The third-order valence-electron chi connectivity index (χ3n) is 7.14. The molecule has 1 aliphatic rings. The average Bonchev–Trinajstić information content (AvgIpc) is 3.55. The molecule has 1 fully saturated rings. The van der Waals surface area contributed by atoms with Crippen molar-refractivity contribution < 1.29 is 33.0 Å². The Hall–Kier alpha value is -5.17. The second kappa shape index (κ2) is 12.2. The zero-order chi connectivity index (χ0) is 31.6. The van der Waals surface area contributed by atoms with Gasteiger partial charge >= 0.3 is 11.9 Å². The summed E-state index contributed by atoms with van der Waals surface area (Å²) in [4.78, 5) is 51.8. The molecule has 0 aliphatic carbocycles. The van der Waals surface area contributed by atoms with E-state index in [0.717, 1.165) is 6.08 Å². The fraction of sp³-hybridized carbons (Fsp3) is 0.290. The van der Waals surface area contributed by atoms with E-state index in [-0.39, 0.29) is 45.9 Å². The van der Waals surface area contributed by atoms with Gasteiger partial charge in [0.15, 0.2) is 23.2 Å². The highest BCUT2D eigenvalue weighted by atomic mass is 19.1. The molecule has 5 rings (SSSR count). The molecule has 3 heterocycles. The number of nitrogens with zero attached hydrogens (tertiary/aromatic N) is 4. The highest BCUT2D eigenvalue weighted by molar-refractivity contribution is 5.93. The summed E-state index contributed by atoms with van der Waals surface area (Å²) in [7, 11) is 1.60. The molecule has 0 radical (unpaired) electrons. The van der Waals surface area contributed by atoms with Gasteiger partial charge in [0.2, 0.25) is 29.9 Å². The number of nitrogens with one attached hydrogen (secondary N) is 2. The van der Waals surface area contributed by atoms with Crippen LogP contribution in [-0.4, -0.2) is 62.5 Å². The van der Waals surface area contributed by atoms with Gasteiger partial charge in [-0.2, -0.15) is 9.97 Å². The van der Waals surface area contributed by atoms with Crippen molar-refractivity contribution in [1.29, 1.82) is 0 Å². The number of aryl methyl sites for hydroxylation is 1. The number of benzene rings is 2. The summed E-state index contributed by atoms with van der Waals surface area (Å²) >= 11 is 0. The topological polar surface area (TPSA) is 147 Å². The molecule has 2 aromatic heterocycles. The maximum absolute atomic E-state index is 17.2. The van der Waals surface area contributed by atoms with Crippen molar-refractivity contribution in [1.82, 2.24) is 19.5 Å². The van der Waals surface area contributed by atoms with E-state index in [0.29, 0.717) is 5.56 Å². The number of imidazole rings is 1. The minimum Gasteiger partial charge on any atom is -0.448 e. The number of amides is 1. The fourth-order valence-electron chi connectivity index (χ4n) is 4.68. The molecule has 1 saturated heterocycles. The summed E-state index contributed by atoms with van der Waals surface area (Å²) in [6.07, 6.45) is -2.92. The predicted molar refractivity (Wildman–Crippen MR) is 159 cm³/mol. The number of carbonyl (C=O) groups excluding carboxylic acids is 3. The Labute approximate surface area is 252 Å². The van der Waals surface area contributed by atoms with Crippen molar-refractivity contribution >= 4 is 40.8 Å². The summed E-state index contributed by atoms with van der Waals surface area (Å²) in [6, 6.07) is 14.7. The number of hydrogen-bond donors (Lipinski definition) is 2. The SMILES string of the molecule is C=C[C@@]1(F)[C@H](OC(=O)c2ccccc2)[C@@H](OC(=O)c2ccccc2C)O[C@H]1n1cnc2c(NC)nc(NC(=O)C(C)C)nc21. The zero-order valence-electron chi connectivity index (χ0n) is 24.5. The van der Waals surface area contributed by atoms with Crippen LogP contribution in [0.4, 0.5) is 16.2 Å². The molecular weight excluding hydrogens is 571 g/mol. The number of aromatic nitrogens is 4. The Morgan fingerprint density at radius 1 is 1.07 bits per heavy atom. The molecule has 1 aliphatic heterocycles. The fourth-order valence-corrected chi connectivity index (χ4v) is 4.68. The van der Waals surface area contributed by atoms with Gasteiger partial charge in [-0.25, -0.2) is 19.0 Å². The number of carbonyl (C=O) groups is 3. The molecule has 44 heavy (non-hydrogen) atoms. The lowest BCUT2D eigenvalue weighted by Gasteiger charge is -2.28. The zero-order valence-corrected chi connectivity index (χ0v) is 24.5. The molecule has 12 nitrogen and oxygen atoms in total. The van der Waals surface area contributed by atoms with Gasteiger partial charge in [0, 0.05) is 13.0 Å². The first-order chi connectivity index (χ1) is 21.1. The van der Waals surface area contributed by atoms with Gasteiger partial charge in [0.05, 0.1) is 17.5 Å². The summed E-state index contributed by atoms with van der Waals surface area (Å²) < 4.78 is 35.8. The summed E-state index contributed by atoms with van der Waals surface area (Å²) in [5.74, 6) is -2.18. The molecule has 4 atom stereocenters. The van der Waals surface area contributed by atoms with Gasteiger partial charge in [-0.3, -0.25) is 14.7 Å². The van der Waals surface area contributed by atoms with Crippen LogP contribution in [-0.2, 0) is 19.0 Å². The molecule has 13 heteroatoms. The van der Waals surface area contributed by atoms with Crippen LogP contribution < -0.4 is 10.6 Å². The normalized spacial score (nSPS) is 21.2. The van der Waals surface area contributed by atoms with Crippen LogP contribution in [0.3, 0.4) is 0 Å². The second-order valence-corrected chi connectivity index (χ2v) is 10.4. The number of alkyl halides is 1. The van der Waals surface area contributed by atoms with E-state index in [2.05, 4.69) is 32.2 Å². The molecule has 0 bridgehead atoms. The molecule has 228 valence electrons. The molecule has 2 N–H and O–H groups in total. The highest BCUT2D eigenvalue weighted by Crippen LogP contribution is 2.46. The summed E-state index contributed by atoms with van der Waals surface area (Å²) in [6.45, 7) is 8.79. The number of esters is 2. The quantitative estimate of drug-likeness (QED) is 0.206. The monoisotopic (exact) mass is 602 g/mol. The van der Waals surface area contributed by atoms with Crippen LogP contribution in [0.15, 0.2) is 73.6 Å². The van der Waals surface area contributed by atoms with Crippen LogP contribution in [0.1, 0.15) is 46.4 Å². The molecule has 0 unspecified atom stereocenters. The lowest BCUT2D eigenvalue weighted by atomic mass is 9.98. The molecule has 2 aromatic carbocycles. The highest BCUT2D eigenvalue weighted by Gasteiger charge is 2.61. The van der Waals surface area contributed by atoms with Crippen molar-refractivity contribution in [2.75, 3.05) is 17.7 Å². The number of ether oxygens (including phenoxy) is 3. The number of anilines is 2. The van der Waals surface area contributed by atoms with E-state index in [1.54, 1.807) is 70.3 Å². The number of halogens is 1. The van der Waals surface area contributed by atoms with Gasteiger partial charge in [0.25, 0.3) is 0 Å².